The Bertz CT molecular complexity index is 962. The van der Waals surface area contributed by atoms with Gasteiger partial charge in [0.15, 0.2) is 0 Å². The number of hydrogen-bond donors (Lipinski definition) is 0. The van der Waals surface area contributed by atoms with Crippen LogP contribution in [0.3, 0.4) is 0 Å². The fourth-order valence-electron chi connectivity index (χ4n) is 3.72. The van der Waals surface area contributed by atoms with Crippen LogP contribution in [0.15, 0.2) is 53.3 Å². The lowest BCUT2D eigenvalue weighted by molar-refractivity contribution is 0.429. The van der Waals surface area contributed by atoms with E-state index in [0.29, 0.717) is 5.39 Å². The molecule has 1 fully saturated rings. The molecule has 0 unspecified atom stereocenters. The van der Waals surface area contributed by atoms with E-state index < -0.39 is 0 Å². The quantitative estimate of drug-likeness (QED) is 0.611. The lowest BCUT2D eigenvalue weighted by Crippen LogP contribution is -2.30. The maximum atomic E-state index is 13.3. The Morgan fingerprint density at radius 2 is 1.76 bits per heavy atom. The minimum Gasteiger partial charge on any atom is -0.268 e. The Kier molecular flexibility index (Phi) is 4.34. The molecule has 3 aromatic rings. The molecule has 2 atom stereocenters. The number of fused-ring (bicyclic) bond motifs is 1. The van der Waals surface area contributed by atoms with Crippen LogP contribution < -0.4 is 5.56 Å². The summed E-state index contributed by atoms with van der Waals surface area (Å²) in [7, 11) is 0. The molecule has 0 amide bonds. The molecule has 0 bridgehead atoms. The van der Waals surface area contributed by atoms with Gasteiger partial charge in [-0.2, -0.15) is 0 Å². The molecule has 25 heavy (non-hydrogen) atoms. The number of hydrogen-bond acceptors (Lipinski definition) is 2. The second-order valence-electron chi connectivity index (χ2n) is 6.87. The number of rotatable bonds is 2. The zero-order valence-electron chi connectivity index (χ0n) is 14.3. The molecule has 4 heteroatoms. The zero-order chi connectivity index (χ0) is 17.4. The number of para-hydroxylation sites is 1. The van der Waals surface area contributed by atoms with Gasteiger partial charge in [0.25, 0.3) is 5.56 Å². The first-order chi connectivity index (χ1) is 12.1. The first kappa shape index (κ1) is 16.3. The minimum atomic E-state index is -0.0149. The van der Waals surface area contributed by atoms with E-state index in [2.05, 4.69) is 0 Å². The SMILES string of the molecule is Cc1ccc(-n2c([C@@H]3CCCC[C@@H]3Cl)nc3ccccc3c2=O)cc1. The van der Waals surface area contributed by atoms with Gasteiger partial charge < -0.3 is 0 Å². The second kappa shape index (κ2) is 6.64. The molecular weight excluding hydrogens is 332 g/mol. The monoisotopic (exact) mass is 352 g/mol. The highest BCUT2D eigenvalue weighted by Crippen LogP contribution is 2.36. The van der Waals surface area contributed by atoms with Crippen molar-refractivity contribution in [3.63, 3.8) is 0 Å². The van der Waals surface area contributed by atoms with Crippen molar-refractivity contribution in [2.24, 2.45) is 0 Å². The molecule has 0 spiro atoms. The summed E-state index contributed by atoms with van der Waals surface area (Å²) in [6, 6.07) is 15.6. The van der Waals surface area contributed by atoms with Crippen LogP contribution >= 0.6 is 11.6 Å². The Morgan fingerprint density at radius 1 is 1.04 bits per heavy atom. The van der Waals surface area contributed by atoms with Crippen LogP contribution in [0.1, 0.15) is 43.0 Å². The summed E-state index contributed by atoms with van der Waals surface area (Å²) in [4.78, 5) is 18.2. The highest BCUT2D eigenvalue weighted by molar-refractivity contribution is 6.21. The molecule has 4 rings (SSSR count). The minimum absolute atomic E-state index is 0.0149. The van der Waals surface area contributed by atoms with Gasteiger partial charge in [-0.15, -0.1) is 11.6 Å². The molecule has 1 aromatic heterocycles. The standard InChI is InChI=1S/C21H21ClN2O/c1-14-10-12-15(13-11-14)24-20(16-6-2-4-8-18(16)22)23-19-9-5-3-7-17(19)21(24)25/h3,5,7,9-13,16,18H,2,4,6,8H2,1H3/t16-,18+/m1/s1. The topological polar surface area (TPSA) is 34.9 Å². The zero-order valence-corrected chi connectivity index (χ0v) is 15.0. The van der Waals surface area contributed by atoms with Crippen molar-refractivity contribution < 1.29 is 0 Å². The van der Waals surface area contributed by atoms with Gasteiger partial charge in [-0.05, 0) is 44.0 Å². The molecular formula is C21H21ClN2O. The summed E-state index contributed by atoms with van der Waals surface area (Å²) in [5.74, 6) is 0.904. The Hall–Kier alpha value is -2.13. The van der Waals surface area contributed by atoms with E-state index in [4.69, 9.17) is 16.6 Å². The van der Waals surface area contributed by atoms with Crippen molar-refractivity contribution >= 4 is 22.5 Å². The highest BCUT2D eigenvalue weighted by atomic mass is 35.5. The third-order valence-electron chi connectivity index (χ3n) is 5.11. The molecule has 1 saturated carbocycles. The normalized spacial score (nSPS) is 20.7. The smallest absolute Gasteiger partial charge is 0.265 e. The van der Waals surface area contributed by atoms with E-state index in [9.17, 15) is 4.79 Å². The van der Waals surface area contributed by atoms with E-state index in [-0.39, 0.29) is 16.9 Å². The molecule has 0 radical (unpaired) electrons. The van der Waals surface area contributed by atoms with Crippen LogP contribution in [0.2, 0.25) is 0 Å². The Labute approximate surface area is 152 Å². The van der Waals surface area contributed by atoms with Crippen molar-refractivity contribution in [1.82, 2.24) is 9.55 Å². The van der Waals surface area contributed by atoms with Crippen LogP contribution in [0.25, 0.3) is 16.6 Å². The first-order valence-corrected chi connectivity index (χ1v) is 9.31. The number of alkyl halides is 1. The van der Waals surface area contributed by atoms with Gasteiger partial charge in [0.2, 0.25) is 0 Å². The molecule has 1 aliphatic rings. The van der Waals surface area contributed by atoms with Crippen molar-refractivity contribution in [3.8, 4) is 5.69 Å². The van der Waals surface area contributed by atoms with Crippen molar-refractivity contribution in [1.29, 1.82) is 0 Å². The summed E-state index contributed by atoms with van der Waals surface area (Å²) in [5, 5.41) is 0.673. The van der Waals surface area contributed by atoms with Crippen LogP contribution in [0, 0.1) is 6.92 Å². The van der Waals surface area contributed by atoms with E-state index >= 15 is 0 Å². The number of aryl methyl sites for hydroxylation is 1. The number of halogens is 1. The number of aromatic nitrogens is 2. The van der Waals surface area contributed by atoms with Gasteiger partial charge in [0.1, 0.15) is 5.82 Å². The van der Waals surface area contributed by atoms with Crippen LogP contribution in [-0.2, 0) is 0 Å². The molecule has 1 heterocycles. The predicted octanol–water partition coefficient (Wildman–Crippen LogP) is 4.96. The third kappa shape index (κ3) is 2.98. The third-order valence-corrected chi connectivity index (χ3v) is 5.63. The summed E-state index contributed by atoms with van der Waals surface area (Å²) >= 11 is 6.65. The second-order valence-corrected chi connectivity index (χ2v) is 7.43. The Morgan fingerprint density at radius 3 is 2.52 bits per heavy atom. The summed E-state index contributed by atoms with van der Waals surface area (Å²) in [6.45, 7) is 2.04. The fraction of sp³-hybridized carbons (Fsp3) is 0.333. The van der Waals surface area contributed by atoms with Crippen molar-refractivity contribution in [2.75, 3.05) is 0 Å². The van der Waals surface area contributed by atoms with E-state index in [1.165, 1.54) is 5.56 Å². The maximum Gasteiger partial charge on any atom is 0.265 e. The van der Waals surface area contributed by atoms with Gasteiger partial charge in [-0.3, -0.25) is 9.36 Å². The highest BCUT2D eigenvalue weighted by Gasteiger charge is 2.29. The number of benzene rings is 2. The molecule has 0 saturated heterocycles. The lowest BCUT2D eigenvalue weighted by Gasteiger charge is -2.28. The first-order valence-electron chi connectivity index (χ1n) is 8.88. The molecule has 1 aliphatic carbocycles. The molecule has 3 nitrogen and oxygen atoms in total. The average molecular weight is 353 g/mol. The van der Waals surface area contributed by atoms with Gasteiger partial charge in [0.05, 0.1) is 16.6 Å². The van der Waals surface area contributed by atoms with Crippen molar-refractivity contribution in [2.45, 2.75) is 43.9 Å². The van der Waals surface area contributed by atoms with E-state index in [1.807, 2.05) is 55.5 Å². The largest absolute Gasteiger partial charge is 0.268 e. The van der Waals surface area contributed by atoms with Gasteiger partial charge >= 0.3 is 0 Å². The fourth-order valence-corrected chi connectivity index (χ4v) is 4.11. The Balaban J connectivity index is 2.00. The predicted molar refractivity (Wildman–Crippen MR) is 103 cm³/mol. The van der Waals surface area contributed by atoms with Crippen LogP contribution in [-0.4, -0.2) is 14.9 Å². The summed E-state index contributed by atoms with van der Waals surface area (Å²) < 4.78 is 1.77. The summed E-state index contributed by atoms with van der Waals surface area (Å²) in [5.41, 5.74) is 2.76. The van der Waals surface area contributed by atoms with E-state index in [1.54, 1.807) is 4.57 Å². The van der Waals surface area contributed by atoms with Crippen LogP contribution in [0.4, 0.5) is 0 Å². The average Bonchev–Trinajstić information content (AvgIpc) is 2.63. The van der Waals surface area contributed by atoms with Gasteiger partial charge in [-0.1, -0.05) is 42.7 Å². The van der Waals surface area contributed by atoms with E-state index in [0.717, 1.165) is 42.7 Å². The molecule has 2 aromatic carbocycles. The van der Waals surface area contributed by atoms with Crippen LogP contribution in [0.5, 0.6) is 0 Å². The lowest BCUT2D eigenvalue weighted by atomic mass is 9.87. The molecule has 0 aliphatic heterocycles. The maximum absolute atomic E-state index is 13.3. The molecule has 128 valence electrons. The molecule has 0 N–H and O–H groups in total. The summed E-state index contributed by atoms with van der Waals surface area (Å²) in [6.07, 6.45) is 4.23. The van der Waals surface area contributed by atoms with Gasteiger partial charge in [0, 0.05) is 11.3 Å². The van der Waals surface area contributed by atoms with Gasteiger partial charge in [-0.25, -0.2) is 4.98 Å². The number of nitrogens with zero attached hydrogens (tertiary/aromatic N) is 2. The van der Waals surface area contributed by atoms with Crippen molar-refractivity contribution in [3.05, 3.63) is 70.3 Å².